The molecule has 3 amide bonds. The van der Waals surface area contributed by atoms with Crippen molar-refractivity contribution in [3.8, 4) is 0 Å². The van der Waals surface area contributed by atoms with Crippen LogP contribution in [0.2, 0.25) is 5.02 Å². The molecule has 1 saturated carbocycles. The molecule has 6 nitrogen and oxygen atoms in total. The number of aryl methyl sites for hydroxylation is 1. The van der Waals surface area contributed by atoms with E-state index in [4.69, 9.17) is 11.6 Å². The molecule has 8 heteroatoms. The number of carbonyl (C=O) groups excluding carboxylic acids is 3. The van der Waals surface area contributed by atoms with Crippen LogP contribution >= 0.6 is 22.9 Å². The number of hydrogen-bond donors (Lipinski definition) is 3. The maximum absolute atomic E-state index is 12.9. The van der Waals surface area contributed by atoms with E-state index in [9.17, 15) is 14.4 Å². The Morgan fingerprint density at radius 2 is 1.70 bits per heavy atom. The van der Waals surface area contributed by atoms with Gasteiger partial charge in [0.25, 0.3) is 11.8 Å². The number of rotatable bonds is 7. The molecule has 3 aromatic rings. The van der Waals surface area contributed by atoms with Crippen molar-refractivity contribution in [2.24, 2.45) is 5.92 Å². The molecule has 1 aliphatic carbocycles. The Labute approximate surface area is 201 Å². The average Bonchev–Trinajstić information content (AvgIpc) is 3.57. The summed E-state index contributed by atoms with van der Waals surface area (Å²) < 4.78 is 0. The van der Waals surface area contributed by atoms with Crippen molar-refractivity contribution in [3.05, 3.63) is 81.2 Å². The van der Waals surface area contributed by atoms with Crippen LogP contribution in [0.5, 0.6) is 0 Å². The highest BCUT2D eigenvalue weighted by molar-refractivity contribution is 7.18. The Balaban J connectivity index is 1.38. The van der Waals surface area contributed by atoms with E-state index in [-0.39, 0.29) is 29.7 Å². The lowest BCUT2D eigenvalue weighted by Crippen LogP contribution is -2.26. The van der Waals surface area contributed by atoms with Gasteiger partial charge >= 0.3 is 0 Å². The van der Waals surface area contributed by atoms with Crippen LogP contribution < -0.4 is 16.0 Å². The molecule has 2 aromatic carbocycles. The van der Waals surface area contributed by atoms with E-state index in [1.54, 1.807) is 30.3 Å². The highest BCUT2D eigenvalue weighted by Gasteiger charge is 2.29. The lowest BCUT2D eigenvalue weighted by molar-refractivity contribution is -0.117. The molecular weight excluding hydrogens is 458 g/mol. The van der Waals surface area contributed by atoms with Crippen LogP contribution in [0.25, 0.3) is 0 Å². The Morgan fingerprint density at radius 3 is 2.36 bits per heavy atom. The summed E-state index contributed by atoms with van der Waals surface area (Å²) in [5, 5.41) is 9.67. The molecule has 1 aliphatic rings. The van der Waals surface area contributed by atoms with Gasteiger partial charge in [0.05, 0.1) is 26.5 Å². The molecule has 0 saturated heterocycles. The fourth-order valence-electron chi connectivity index (χ4n) is 3.38. The molecule has 0 unspecified atom stereocenters. The SMILES string of the molecule is Cc1cc(NC(=O)c2ccccc2Cl)sc1C(=O)N[C@@H](C)c1ccc(NC(=O)C2CC2)cc1. The summed E-state index contributed by atoms with van der Waals surface area (Å²) in [6.07, 6.45) is 1.92. The summed E-state index contributed by atoms with van der Waals surface area (Å²) in [5.74, 6) is -0.323. The van der Waals surface area contributed by atoms with Crippen LogP contribution in [0.4, 0.5) is 10.7 Å². The summed E-state index contributed by atoms with van der Waals surface area (Å²) in [7, 11) is 0. The summed E-state index contributed by atoms with van der Waals surface area (Å²) in [6, 6.07) is 15.8. The molecule has 0 bridgehead atoms. The van der Waals surface area contributed by atoms with Gasteiger partial charge < -0.3 is 16.0 Å². The van der Waals surface area contributed by atoms with Gasteiger partial charge in [-0.2, -0.15) is 0 Å². The zero-order valence-corrected chi connectivity index (χ0v) is 19.8. The van der Waals surface area contributed by atoms with E-state index in [1.807, 2.05) is 38.1 Å². The quantitative estimate of drug-likeness (QED) is 0.398. The molecular formula is C25H24ClN3O3S. The van der Waals surface area contributed by atoms with Gasteiger partial charge in [-0.25, -0.2) is 0 Å². The molecule has 0 aliphatic heterocycles. The third-order valence-electron chi connectivity index (χ3n) is 5.45. The topological polar surface area (TPSA) is 87.3 Å². The second-order valence-corrected chi connectivity index (χ2v) is 9.60. The molecule has 4 rings (SSSR count). The summed E-state index contributed by atoms with van der Waals surface area (Å²) in [4.78, 5) is 37.8. The van der Waals surface area contributed by atoms with Gasteiger partial charge in [0, 0.05) is 11.6 Å². The van der Waals surface area contributed by atoms with E-state index < -0.39 is 0 Å². The first-order chi connectivity index (χ1) is 15.8. The summed E-state index contributed by atoms with van der Waals surface area (Å²) in [5.41, 5.74) is 2.83. The minimum absolute atomic E-state index is 0.0645. The number of benzene rings is 2. The van der Waals surface area contributed by atoms with Crippen molar-refractivity contribution in [1.82, 2.24) is 5.32 Å². The lowest BCUT2D eigenvalue weighted by atomic mass is 10.1. The largest absolute Gasteiger partial charge is 0.345 e. The molecule has 1 heterocycles. The second kappa shape index (κ2) is 9.77. The van der Waals surface area contributed by atoms with Crippen LogP contribution in [0.15, 0.2) is 54.6 Å². The van der Waals surface area contributed by atoms with Crippen molar-refractivity contribution in [2.75, 3.05) is 10.6 Å². The van der Waals surface area contributed by atoms with Gasteiger partial charge in [0.15, 0.2) is 0 Å². The first-order valence-corrected chi connectivity index (χ1v) is 11.9. The van der Waals surface area contributed by atoms with E-state index in [2.05, 4.69) is 16.0 Å². The molecule has 170 valence electrons. The van der Waals surface area contributed by atoms with Gasteiger partial charge in [0.1, 0.15) is 0 Å². The number of halogens is 1. The van der Waals surface area contributed by atoms with Crippen molar-refractivity contribution in [2.45, 2.75) is 32.7 Å². The number of hydrogen-bond acceptors (Lipinski definition) is 4. The smallest absolute Gasteiger partial charge is 0.262 e. The number of carbonyl (C=O) groups is 3. The Kier molecular flexibility index (Phi) is 6.81. The van der Waals surface area contributed by atoms with Crippen LogP contribution in [-0.4, -0.2) is 17.7 Å². The second-order valence-electron chi connectivity index (χ2n) is 8.14. The van der Waals surface area contributed by atoms with E-state index in [0.717, 1.165) is 29.7 Å². The molecule has 1 atom stereocenters. The monoisotopic (exact) mass is 481 g/mol. The van der Waals surface area contributed by atoms with E-state index in [1.165, 1.54) is 11.3 Å². The summed E-state index contributed by atoms with van der Waals surface area (Å²) in [6.45, 7) is 3.73. The van der Waals surface area contributed by atoms with Crippen molar-refractivity contribution in [1.29, 1.82) is 0 Å². The molecule has 1 aromatic heterocycles. The van der Waals surface area contributed by atoms with Gasteiger partial charge in [-0.1, -0.05) is 35.9 Å². The van der Waals surface area contributed by atoms with Crippen molar-refractivity contribution < 1.29 is 14.4 Å². The molecule has 1 fully saturated rings. The fourth-order valence-corrected chi connectivity index (χ4v) is 4.58. The highest BCUT2D eigenvalue weighted by atomic mass is 35.5. The Hall–Kier alpha value is -3.16. The standard InChI is InChI=1S/C25H24ClN3O3S/c1-14-13-21(29-24(31)19-5-3-4-6-20(19)26)33-22(14)25(32)27-15(2)16-9-11-18(12-10-16)28-23(30)17-7-8-17/h3-6,9-13,15,17H,7-8H2,1-2H3,(H,27,32)(H,28,30)(H,29,31)/t15-/m0/s1. The van der Waals surface area contributed by atoms with Gasteiger partial charge in [-0.05, 0) is 68.1 Å². The average molecular weight is 482 g/mol. The Morgan fingerprint density at radius 1 is 1.00 bits per heavy atom. The number of amides is 3. The van der Waals surface area contributed by atoms with Crippen molar-refractivity contribution >= 4 is 51.3 Å². The summed E-state index contributed by atoms with van der Waals surface area (Å²) >= 11 is 7.31. The predicted molar refractivity (Wildman–Crippen MR) is 132 cm³/mol. The number of thiophene rings is 1. The zero-order chi connectivity index (χ0) is 23.5. The molecule has 0 spiro atoms. The minimum Gasteiger partial charge on any atom is -0.345 e. The maximum atomic E-state index is 12.9. The third-order valence-corrected chi connectivity index (χ3v) is 6.93. The van der Waals surface area contributed by atoms with Crippen LogP contribution in [0.1, 0.15) is 57.0 Å². The molecule has 0 radical (unpaired) electrons. The molecule has 3 N–H and O–H groups in total. The lowest BCUT2D eigenvalue weighted by Gasteiger charge is -2.15. The van der Waals surface area contributed by atoms with Crippen molar-refractivity contribution in [3.63, 3.8) is 0 Å². The maximum Gasteiger partial charge on any atom is 0.262 e. The number of anilines is 2. The zero-order valence-electron chi connectivity index (χ0n) is 18.3. The van der Waals surface area contributed by atoms with E-state index >= 15 is 0 Å². The van der Waals surface area contributed by atoms with Crippen LogP contribution in [0.3, 0.4) is 0 Å². The normalized spacial score (nSPS) is 13.8. The fraction of sp³-hybridized carbons (Fsp3) is 0.240. The van der Waals surface area contributed by atoms with Crippen LogP contribution in [-0.2, 0) is 4.79 Å². The van der Waals surface area contributed by atoms with Crippen LogP contribution in [0, 0.1) is 12.8 Å². The minimum atomic E-state index is -0.323. The third kappa shape index (κ3) is 5.61. The highest BCUT2D eigenvalue weighted by Crippen LogP contribution is 2.31. The molecule has 33 heavy (non-hydrogen) atoms. The Bertz CT molecular complexity index is 1200. The first kappa shape index (κ1) is 23.0. The first-order valence-electron chi connectivity index (χ1n) is 10.7. The van der Waals surface area contributed by atoms with E-state index in [0.29, 0.717) is 20.5 Å². The number of nitrogens with one attached hydrogen (secondary N) is 3. The van der Waals surface area contributed by atoms with Gasteiger partial charge in [-0.15, -0.1) is 11.3 Å². The van der Waals surface area contributed by atoms with Gasteiger partial charge in [0.2, 0.25) is 5.91 Å². The predicted octanol–water partition coefficient (Wildman–Crippen LogP) is 5.80. The van der Waals surface area contributed by atoms with Gasteiger partial charge in [-0.3, -0.25) is 14.4 Å².